The van der Waals surface area contributed by atoms with Crippen LogP contribution in [-0.2, 0) is 14.8 Å². The second-order valence-corrected chi connectivity index (χ2v) is 9.66. The Morgan fingerprint density at radius 2 is 1.58 bits per heavy atom. The van der Waals surface area contributed by atoms with Crippen molar-refractivity contribution in [2.75, 3.05) is 24.8 Å². The molecule has 0 spiro atoms. The van der Waals surface area contributed by atoms with Gasteiger partial charge in [0.25, 0.3) is 0 Å². The summed E-state index contributed by atoms with van der Waals surface area (Å²) in [6.45, 7) is 9.50. The number of nitrogens with zero attached hydrogens (tertiary/aromatic N) is 1. The second kappa shape index (κ2) is 9.60. The van der Waals surface area contributed by atoms with Gasteiger partial charge in [0.15, 0.2) is 0 Å². The van der Waals surface area contributed by atoms with E-state index in [-0.39, 0.29) is 11.7 Å². The van der Waals surface area contributed by atoms with Gasteiger partial charge in [-0.3, -0.25) is 9.10 Å². The summed E-state index contributed by atoms with van der Waals surface area (Å²) < 4.78 is 37.0. The van der Waals surface area contributed by atoms with Gasteiger partial charge in [0.05, 0.1) is 32.2 Å². The van der Waals surface area contributed by atoms with Gasteiger partial charge < -0.3 is 14.8 Å². The van der Waals surface area contributed by atoms with Crippen molar-refractivity contribution < 1.29 is 22.7 Å². The van der Waals surface area contributed by atoms with Gasteiger partial charge in [0.2, 0.25) is 15.9 Å². The average Bonchev–Trinajstić information content (AvgIpc) is 2.69. The van der Waals surface area contributed by atoms with E-state index >= 15 is 0 Å². The Balaban J connectivity index is 2.40. The number of carbonyl (C=O) groups excluding carboxylic acids is 1. The summed E-state index contributed by atoms with van der Waals surface area (Å²) in [7, 11) is -0.872. The van der Waals surface area contributed by atoms with Gasteiger partial charge in [-0.25, -0.2) is 8.42 Å². The van der Waals surface area contributed by atoms with Gasteiger partial charge in [0.1, 0.15) is 17.5 Å². The molecular formula is C23H32N2O5S. The minimum Gasteiger partial charge on any atom is -0.497 e. The van der Waals surface area contributed by atoms with E-state index in [0.717, 1.165) is 27.3 Å². The third-order valence-corrected chi connectivity index (χ3v) is 6.65. The number of aryl methyl sites for hydroxylation is 3. The van der Waals surface area contributed by atoms with Crippen LogP contribution in [0.15, 0.2) is 30.3 Å². The van der Waals surface area contributed by atoms with E-state index in [0.29, 0.717) is 11.5 Å². The summed E-state index contributed by atoms with van der Waals surface area (Å²) in [5.41, 5.74) is 4.61. The quantitative estimate of drug-likeness (QED) is 0.666. The van der Waals surface area contributed by atoms with Crippen LogP contribution in [0.1, 0.15) is 42.1 Å². The zero-order chi connectivity index (χ0) is 23.5. The number of methoxy groups -OCH3 is 2. The lowest BCUT2D eigenvalue weighted by Gasteiger charge is -2.30. The molecule has 0 aliphatic carbocycles. The summed E-state index contributed by atoms with van der Waals surface area (Å²) in [5.74, 6) is 0.362. The van der Waals surface area contributed by atoms with Crippen molar-refractivity contribution in [1.82, 2.24) is 5.32 Å². The molecule has 0 aromatic heterocycles. The molecule has 0 saturated heterocycles. The maximum Gasteiger partial charge on any atom is 0.244 e. The number of hydrogen-bond acceptors (Lipinski definition) is 5. The van der Waals surface area contributed by atoms with Gasteiger partial charge in [0, 0.05) is 6.07 Å². The highest BCUT2D eigenvalue weighted by atomic mass is 32.2. The zero-order valence-corrected chi connectivity index (χ0v) is 20.3. The maximum atomic E-state index is 13.1. The van der Waals surface area contributed by atoms with Crippen molar-refractivity contribution in [3.05, 3.63) is 52.6 Å². The molecule has 0 bridgehead atoms. The fourth-order valence-electron chi connectivity index (χ4n) is 3.61. The van der Waals surface area contributed by atoms with Gasteiger partial charge in [-0.2, -0.15) is 0 Å². The van der Waals surface area contributed by atoms with Crippen LogP contribution in [0.5, 0.6) is 11.5 Å². The first kappa shape index (κ1) is 24.5. The number of rotatable bonds is 8. The number of anilines is 1. The third kappa shape index (κ3) is 5.50. The Labute approximate surface area is 185 Å². The van der Waals surface area contributed by atoms with Crippen LogP contribution in [0, 0.1) is 20.8 Å². The van der Waals surface area contributed by atoms with E-state index in [9.17, 15) is 13.2 Å². The molecule has 7 nitrogen and oxygen atoms in total. The van der Waals surface area contributed by atoms with Crippen LogP contribution in [0.4, 0.5) is 5.69 Å². The smallest absolute Gasteiger partial charge is 0.244 e. The number of sulfonamides is 1. The molecule has 2 atom stereocenters. The van der Waals surface area contributed by atoms with Crippen LogP contribution in [0.25, 0.3) is 0 Å². The number of hydrogen-bond donors (Lipinski definition) is 1. The highest BCUT2D eigenvalue weighted by Crippen LogP contribution is 2.35. The zero-order valence-electron chi connectivity index (χ0n) is 19.4. The molecule has 0 radical (unpaired) electrons. The predicted octanol–water partition coefficient (Wildman–Crippen LogP) is 3.66. The Morgan fingerprint density at radius 3 is 2.13 bits per heavy atom. The monoisotopic (exact) mass is 448 g/mol. The first-order chi connectivity index (χ1) is 14.4. The maximum absolute atomic E-state index is 13.1. The normalized spacial score (nSPS) is 13.3. The summed E-state index contributed by atoms with van der Waals surface area (Å²) >= 11 is 0. The molecule has 170 valence electrons. The molecular weight excluding hydrogens is 416 g/mol. The molecule has 0 saturated carbocycles. The van der Waals surface area contributed by atoms with Gasteiger partial charge in [-0.05, 0) is 69.0 Å². The van der Waals surface area contributed by atoms with E-state index in [1.807, 2.05) is 27.7 Å². The van der Waals surface area contributed by atoms with Gasteiger partial charge >= 0.3 is 0 Å². The lowest BCUT2D eigenvalue weighted by molar-refractivity contribution is -0.122. The second-order valence-electron chi connectivity index (χ2n) is 7.80. The summed E-state index contributed by atoms with van der Waals surface area (Å²) in [5, 5.41) is 2.95. The minimum atomic E-state index is -3.80. The topological polar surface area (TPSA) is 84.9 Å². The molecule has 8 heteroatoms. The van der Waals surface area contributed by atoms with E-state index in [1.165, 1.54) is 19.8 Å². The van der Waals surface area contributed by atoms with Crippen LogP contribution >= 0.6 is 0 Å². The fourth-order valence-corrected chi connectivity index (χ4v) is 4.78. The molecule has 2 aromatic carbocycles. The lowest BCUT2D eigenvalue weighted by Crippen LogP contribution is -2.48. The molecule has 0 aliphatic heterocycles. The SMILES string of the molecule is COc1ccc(OC)c(N(C(C)C(=O)NC(C)c2cc(C)c(C)cc2C)S(C)(=O)=O)c1. The van der Waals surface area contributed by atoms with Crippen molar-refractivity contribution in [2.45, 2.75) is 46.7 Å². The van der Waals surface area contributed by atoms with Crippen LogP contribution < -0.4 is 19.1 Å². The average molecular weight is 449 g/mol. The van der Waals surface area contributed by atoms with Crippen molar-refractivity contribution in [1.29, 1.82) is 0 Å². The largest absolute Gasteiger partial charge is 0.497 e. The molecule has 1 N–H and O–H groups in total. The summed E-state index contributed by atoms with van der Waals surface area (Å²) in [4.78, 5) is 13.1. The number of benzene rings is 2. The van der Waals surface area contributed by atoms with E-state index < -0.39 is 22.0 Å². The van der Waals surface area contributed by atoms with Gasteiger partial charge in [-0.1, -0.05) is 12.1 Å². The number of ether oxygens (including phenoxy) is 2. The molecule has 0 heterocycles. The predicted molar refractivity (Wildman–Crippen MR) is 124 cm³/mol. The van der Waals surface area contributed by atoms with Crippen LogP contribution in [-0.4, -0.2) is 40.8 Å². The Kier molecular flexibility index (Phi) is 7.59. The molecule has 0 fully saturated rings. The lowest BCUT2D eigenvalue weighted by atomic mass is 9.96. The Hall–Kier alpha value is -2.74. The molecule has 31 heavy (non-hydrogen) atoms. The van der Waals surface area contributed by atoms with Crippen molar-refractivity contribution in [2.24, 2.45) is 0 Å². The Bertz CT molecular complexity index is 1070. The fraction of sp³-hybridized carbons (Fsp3) is 0.435. The standard InChI is InChI=1S/C23H32N2O5S/c1-14-11-16(3)20(12-15(14)2)17(4)24-23(26)18(5)25(31(8,27)28)21-13-19(29-6)9-10-22(21)30-7/h9-13,17-18H,1-8H3,(H,24,26). The number of carbonyl (C=O) groups is 1. The van der Waals surface area contributed by atoms with E-state index in [1.54, 1.807) is 25.1 Å². The molecule has 2 aromatic rings. The van der Waals surface area contributed by atoms with Gasteiger partial charge in [-0.15, -0.1) is 0 Å². The number of nitrogens with one attached hydrogen (secondary N) is 1. The molecule has 2 rings (SSSR count). The Morgan fingerprint density at radius 1 is 0.968 bits per heavy atom. The highest BCUT2D eigenvalue weighted by Gasteiger charge is 2.32. The van der Waals surface area contributed by atoms with Crippen molar-refractivity contribution >= 4 is 21.6 Å². The number of amides is 1. The summed E-state index contributed by atoms with van der Waals surface area (Å²) in [6, 6.07) is 7.66. The van der Waals surface area contributed by atoms with E-state index in [2.05, 4.69) is 17.4 Å². The first-order valence-corrected chi connectivity index (χ1v) is 11.8. The summed E-state index contributed by atoms with van der Waals surface area (Å²) in [6.07, 6.45) is 1.06. The van der Waals surface area contributed by atoms with E-state index in [4.69, 9.17) is 9.47 Å². The van der Waals surface area contributed by atoms with Crippen LogP contribution in [0.2, 0.25) is 0 Å². The molecule has 2 unspecified atom stereocenters. The molecule has 1 amide bonds. The minimum absolute atomic E-state index is 0.238. The molecule has 0 aliphatic rings. The van der Waals surface area contributed by atoms with Crippen molar-refractivity contribution in [3.63, 3.8) is 0 Å². The third-order valence-electron chi connectivity index (χ3n) is 5.42. The van der Waals surface area contributed by atoms with Crippen molar-refractivity contribution in [3.8, 4) is 11.5 Å². The first-order valence-electron chi connectivity index (χ1n) is 10.00. The van der Waals surface area contributed by atoms with Crippen LogP contribution in [0.3, 0.4) is 0 Å². The highest BCUT2D eigenvalue weighted by molar-refractivity contribution is 7.92.